The molecule has 8 heteroatoms. The standard InChI is InChI=1S/C20H29ClN6O/c1-2-19-26-25-15-27(19)11-10-23-20(24-13-17-8-12-28-14-17)22-9-7-16-3-5-18(21)6-4-16/h3-6,15,17H,2,7-14H2,1H3,(H2,22,23,24). The molecule has 0 bridgehead atoms. The van der Waals surface area contributed by atoms with E-state index in [1.54, 1.807) is 6.33 Å². The molecule has 7 nitrogen and oxygen atoms in total. The van der Waals surface area contributed by atoms with E-state index in [-0.39, 0.29) is 0 Å². The molecule has 1 saturated heterocycles. The summed E-state index contributed by atoms with van der Waals surface area (Å²) < 4.78 is 7.53. The van der Waals surface area contributed by atoms with E-state index in [9.17, 15) is 0 Å². The van der Waals surface area contributed by atoms with E-state index < -0.39 is 0 Å². The van der Waals surface area contributed by atoms with Gasteiger partial charge in [-0.2, -0.15) is 0 Å². The number of ether oxygens (including phenoxy) is 1. The monoisotopic (exact) mass is 404 g/mol. The van der Waals surface area contributed by atoms with Crippen molar-refractivity contribution in [2.24, 2.45) is 10.9 Å². The van der Waals surface area contributed by atoms with Crippen LogP contribution in [-0.2, 0) is 24.1 Å². The molecule has 1 fully saturated rings. The third kappa shape index (κ3) is 6.49. The van der Waals surface area contributed by atoms with Gasteiger partial charge in [-0.25, -0.2) is 0 Å². The van der Waals surface area contributed by atoms with Gasteiger partial charge in [0.1, 0.15) is 12.2 Å². The number of hydrogen-bond acceptors (Lipinski definition) is 4. The highest BCUT2D eigenvalue weighted by molar-refractivity contribution is 6.30. The summed E-state index contributed by atoms with van der Waals surface area (Å²) >= 11 is 5.95. The van der Waals surface area contributed by atoms with Crippen LogP contribution in [0.1, 0.15) is 24.7 Å². The number of aromatic nitrogens is 3. The van der Waals surface area contributed by atoms with E-state index in [2.05, 4.69) is 44.5 Å². The highest BCUT2D eigenvalue weighted by atomic mass is 35.5. The molecule has 152 valence electrons. The average molecular weight is 405 g/mol. The Labute approximate surface area is 171 Å². The number of benzene rings is 1. The number of halogens is 1. The normalized spacial score (nSPS) is 17.1. The van der Waals surface area contributed by atoms with Crippen molar-refractivity contribution in [1.82, 2.24) is 25.4 Å². The lowest BCUT2D eigenvalue weighted by Gasteiger charge is -2.14. The second kappa shape index (κ2) is 11.0. The summed E-state index contributed by atoms with van der Waals surface area (Å²) in [6, 6.07) is 7.97. The molecule has 0 aliphatic carbocycles. The molecule has 2 N–H and O–H groups in total. The molecular weight excluding hydrogens is 376 g/mol. The first-order valence-electron chi connectivity index (χ1n) is 9.95. The van der Waals surface area contributed by atoms with Crippen LogP contribution in [0.5, 0.6) is 0 Å². The average Bonchev–Trinajstić information content (AvgIpc) is 3.38. The zero-order valence-corrected chi connectivity index (χ0v) is 17.2. The fraction of sp³-hybridized carbons (Fsp3) is 0.550. The summed E-state index contributed by atoms with van der Waals surface area (Å²) in [4.78, 5) is 4.77. The summed E-state index contributed by atoms with van der Waals surface area (Å²) in [6.07, 6.45) is 4.65. The molecule has 1 aliphatic heterocycles. The van der Waals surface area contributed by atoms with Crippen molar-refractivity contribution in [2.75, 3.05) is 32.8 Å². The van der Waals surface area contributed by atoms with Crippen molar-refractivity contribution >= 4 is 17.6 Å². The summed E-state index contributed by atoms with van der Waals surface area (Å²) in [6.45, 7) is 6.90. The van der Waals surface area contributed by atoms with Crippen LogP contribution >= 0.6 is 11.6 Å². The van der Waals surface area contributed by atoms with Crippen LogP contribution in [0.4, 0.5) is 0 Å². The molecule has 0 amide bonds. The van der Waals surface area contributed by atoms with E-state index in [0.717, 1.165) is 75.5 Å². The number of rotatable bonds is 9. The predicted molar refractivity (Wildman–Crippen MR) is 112 cm³/mol. The molecule has 1 unspecified atom stereocenters. The molecule has 0 radical (unpaired) electrons. The van der Waals surface area contributed by atoms with Gasteiger partial charge in [0, 0.05) is 50.1 Å². The quantitative estimate of drug-likeness (QED) is 0.495. The third-order valence-corrected chi connectivity index (χ3v) is 5.06. The van der Waals surface area contributed by atoms with Gasteiger partial charge < -0.3 is 19.9 Å². The second-order valence-corrected chi connectivity index (χ2v) is 7.38. The Morgan fingerprint density at radius 2 is 2.11 bits per heavy atom. The summed E-state index contributed by atoms with van der Waals surface area (Å²) in [5.74, 6) is 2.35. The van der Waals surface area contributed by atoms with E-state index in [0.29, 0.717) is 5.92 Å². The summed E-state index contributed by atoms with van der Waals surface area (Å²) in [5.41, 5.74) is 1.25. The first-order chi connectivity index (χ1) is 13.7. The second-order valence-electron chi connectivity index (χ2n) is 6.94. The maximum Gasteiger partial charge on any atom is 0.191 e. The molecule has 28 heavy (non-hydrogen) atoms. The molecule has 2 heterocycles. The Morgan fingerprint density at radius 1 is 1.29 bits per heavy atom. The van der Waals surface area contributed by atoms with Crippen LogP contribution in [0.2, 0.25) is 5.02 Å². The van der Waals surface area contributed by atoms with Gasteiger partial charge >= 0.3 is 0 Å². The predicted octanol–water partition coefficient (Wildman–Crippen LogP) is 2.31. The molecule has 1 atom stereocenters. The highest BCUT2D eigenvalue weighted by Crippen LogP contribution is 2.12. The lowest BCUT2D eigenvalue weighted by molar-refractivity contribution is 0.187. The van der Waals surface area contributed by atoms with Crippen molar-refractivity contribution < 1.29 is 4.74 Å². The number of aryl methyl sites for hydroxylation is 1. The van der Waals surface area contributed by atoms with Crippen molar-refractivity contribution in [3.8, 4) is 0 Å². The van der Waals surface area contributed by atoms with Gasteiger partial charge in [0.05, 0.1) is 6.61 Å². The van der Waals surface area contributed by atoms with Crippen LogP contribution in [0.25, 0.3) is 0 Å². The van der Waals surface area contributed by atoms with Gasteiger partial charge in [-0.3, -0.25) is 4.99 Å². The van der Waals surface area contributed by atoms with E-state index in [4.69, 9.17) is 21.3 Å². The summed E-state index contributed by atoms with van der Waals surface area (Å²) in [5, 5.41) is 15.7. The van der Waals surface area contributed by atoms with Gasteiger partial charge in [-0.1, -0.05) is 30.7 Å². The zero-order chi connectivity index (χ0) is 19.6. The van der Waals surface area contributed by atoms with Crippen molar-refractivity contribution in [3.63, 3.8) is 0 Å². The summed E-state index contributed by atoms with van der Waals surface area (Å²) in [7, 11) is 0. The van der Waals surface area contributed by atoms with Gasteiger partial charge in [0.25, 0.3) is 0 Å². The number of aliphatic imine (C=N–C) groups is 1. The maximum absolute atomic E-state index is 5.95. The Hall–Kier alpha value is -2.12. The smallest absolute Gasteiger partial charge is 0.191 e. The van der Waals surface area contributed by atoms with Gasteiger partial charge in [0.15, 0.2) is 5.96 Å². The van der Waals surface area contributed by atoms with Crippen LogP contribution < -0.4 is 10.6 Å². The Kier molecular flexibility index (Phi) is 8.11. The van der Waals surface area contributed by atoms with Crippen LogP contribution in [0.3, 0.4) is 0 Å². The van der Waals surface area contributed by atoms with E-state index in [1.165, 1.54) is 5.56 Å². The molecule has 0 spiro atoms. The number of nitrogens with zero attached hydrogens (tertiary/aromatic N) is 4. The number of guanidine groups is 1. The Balaban J connectivity index is 1.50. The van der Waals surface area contributed by atoms with E-state index >= 15 is 0 Å². The van der Waals surface area contributed by atoms with Gasteiger partial charge in [0.2, 0.25) is 0 Å². The van der Waals surface area contributed by atoms with Gasteiger partial charge in [-0.15, -0.1) is 10.2 Å². The minimum absolute atomic E-state index is 0.513. The Morgan fingerprint density at radius 3 is 2.86 bits per heavy atom. The maximum atomic E-state index is 5.95. The molecule has 3 rings (SSSR count). The molecule has 1 aromatic carbocycles. The first-order valence-corrected chi connectivity index (χ1v) is 10.3. The lowest BCUT2D eigenvalue weighted by Crippen LogP contribution is -2.40. The fourth-order valence-electron chi connectivity index (χ4n) is 3.13. The molecule has 2 aromatic rings. The number of nitrogens with one attached hydrogen (secondary N) is 2. The largest absolute Gasteiger partial charge is 0.381 e. The third-order valence-electron chi connectivity index (χ3n) is 4.81. The zero-order valence-electron chi connectivity index (χ0n) is 16.4. The van der Waals surface area contributed by atoms with E-state index in [1.807, 2.05) is 12.1 Å². The van der Waals surface area contributed by atoms with Crippen LogP contribution in [0, 0.1) is 5.92 Å². The molecule has 0 saturated carbocycles. The highest BCUT2D eigenvalue weighted by Gasteiger charge is 2.15. The minimum atomic E-state index is 0.513. The number of hydrogen-bond donors (Lipinski definition) is 2. The molecule has 1 aliphatic rings. The fourth-order valence-corrected chi connectivity index (χ4v) is 3.26. The van der Waals surface area contributed by atoms with Crippen molar-refractivity contribution in [2.45, 2.75) is 32.7 Å². The van der Waals surface area contributed by atoms with Crippen molar-refractivity contribution in [1.29, 1.82) is 0 Å². The van der Waals surface area contributed by atoms with Crippen LogP contribution in [0.15, 0.2) is 35.6 Å². The van der Waals surface area contributed by atoms with Crippen LogP contribution in [-0.4, -0.2) is 53.6 Å². The Bertz CT molecular complexity index is 739. The first kappa shape index (κ1) is 20.6. The molecular formula is C20H29ClN6O. The lowest BCUT2D eigenvalue weighted by atomic mass is 10.1. The minimum Gasteiger partial charge on any atom is -0.381 e. The SMILES string of the molecule is CCc1nncn1CCNC(=NCC1CCOC1)NCCc1ccc(Cl)cc1. The van der Waals surface area contributed by atoms with Crippen molar-refractivity contribution in [3.05, 3.63) is 47.0 Å². The topological polar surface area (TPSA) is 76.4 Å². The van der Waals surface area contributed by atoms with Gasteiger partial charge in [-0.05, 0) is 30.5 Å². The molecule has 1 aromatic heterocycles.